The standard InChI is InChI=1S/C10H15BrN2O/c1-4-6-14-7-9-10(11)8(5-2)12-13(9)3/h4H,1,5-7H2,2-3H3. The first kappa shape index (κ1) is 11.5. The van der Waals surface area contributed by atoms with Crippen molar-refractivity contribution < 1.29 is 4.74 Å². The molecule has 78 valence electrons. The predicted octanol–water partition coefficient (Wildman–Crippen LogP) is 2.45. The van der Waals surface area contributed by atoms with E-state index < -0.39 is 0 Å². The summed E-state index contributed by atoms with van der Waals surface area (Å²) in [6, 6.07) is 0. The van der Waals surface area contributed by atoms with Gasteiger partial charge in [-0.25, -0.2) is 0 Å². The monoisotopic (exact) mass is 258 g/mol. The SMILES string of the molecule is C=CCOCc1c(Br)c(CC)nn1C. The van der Waals surface area contributed by atoms with Crippen LogP contribution in [0.25, 0.3) is 0 Å². The Labute approximate surface area is 92.9 Å². The van der Waals surface area contributed by atoms with Gasteiger partial charge in [-0.05, 0) is 22.4 Å². The van der Waals surface area contributed by atoms with E-state index in [1.54, 1.807) is 6.08 Å². The van der Waals surface area contributed by atoms with Gasteiger partial charge < -0.3 is 4.74 Å². The summed E-state index contributed by atoms with van der Waals surface area (Å²) in [6.45, 7) is 6.82. The normalized spacial score (nSPS) is 10.5. The predicted molar refractivity (Wildman–Crippen MR) is 60.1 cm³/mol. The molecule has 0 aliphatic rings. The minimum atomic E-state index is 0.566. The summed E-state index contributed by atoms with van der Waals surface area (Å²) >= 11 is 3.53. The van der Waals surface area contributed by atoms with Crippen LogP contribution in [0, 0.1) is 0 Å². The first-order valence-corrected chi connectivity index (χ1v) is 5.38. The van der Waals surface area contributed by atoms with Gasteiger partial charge in [0.1, 0.15) is 0 Å². The van der Waals surface area contributed by atoms with Crippen molar-refractivity contribution in [3.63, 3.8) is 0 Å². The fourth-order valence-corrected chi connectivity index (χ4v) is 1.95. The van der Waals surface area contributed by atoms with Gasteiger partial charge in [0.05, 0.1) is 29.1 Å². The van der Waals surface area contributed by atoms with Gasteiger partial charge in [0, 0.05) is 7.05 Å². The summed E-state index contributed by atoms with van der Waals surface area (Å²) in [6.07, 6.45) is 2.67. The highest BCUT2D eigenvalue weighted by Gasteiger charge is 2.11. The van der Waals surface area contributed by atoms with Crippen LogP contribution in [-0.4, -0.2) is 16.4 Å². The highest BCUT2D eigenvalue weighted by Crippen LogP contribution is 2.21. The molecule has 3 nitrogen and oxygen atoms in total. The molecular weight excluding hydrogens is 244 g/mol. The number of ether oxygens (including phenoxy) is 1. The summed E-state index contributed by atoms with van der Waals surface area (Å²) in [5, 5.41) is 4.37. The van der Waals surface area contributed by atoms with Gasteiger partial charge in [-0.1, -0.05) is 13.0 Å². The van der Waals surface area contributed by atoms with E-state index >= 15 is 0 Å². The zero-order valence-corrected chi connectivity index (χ0v) is 10.2. The summed E-state index contributed by atoms with van der Waals surface area (Å²) in [4.78, 5) is 0. The molecule has 0 unspecified atom stereocenters. The largest absolute Gasteiger partial charge is 0.371 e. The van der Waals surface area contributed by atoms with E-state index in [0.717, 1.165) is 22.3 Å². The highest BCUT2D eigenvalue weighted by atomic mass is 79.9. The van der Waals surface area contributed by atoms with Crippen LogP contribution < -0.4 is 0 Å². The van der Waals surface area contributed by atoms with E-state index in [4.69, 9.17) is 4.74 Å². The van der Waals surface area contributed by atoms with Crippen molar-refractivity contribution in [2.45, 2.75) is 20.0 Å². The number of hydrogen-bond acceptors (Lipinski definition) is 2. The number of rotatable bonds is 5. The van der Waals surface area contributed by atoms with Gasteiger partial charge in [0.25, 0.3) is 0 Å². The summed E-state index contributed by atoms with van der Waals surface area (Å²) in [5.74, 6) is 0. The van der Waals surface area contributed by atoms with Crippen molar-refractivity contribution in [1.82, 2.24) is 9.78 Å². The molecule has 0 aromatic carbocycles. The lowest BCUT2D eigenvalue weighted by Gasteiger charge is -2.02. The first-order valence-electron chi connectivity index (χ1n) is 4.59. The number of hydrogen-bond donors (Lipinski definition) is 0. The zero-order chi connectivity index (χ0) is 10.6. The average molecular weight is 259 g/mol. The third-order valence-electron chi connectivity index (χ3n) is 1.98. The lowest BCUT2D eigenvalue weighted by molar-refractivity contribution is 0.142. The molecule has 0 saturated carbocycles. The Hall–Kier alpha value is -0.610. The zero-order valence-electron chi connectivity index (χ0n) is 8.59. The van der Waals surface area contributed by atoms with Crippen molar-refractivity contribution in [2.75, 3.05) is 6.61 Å². The summed E-state index contributed by atoms with van der Waals surface area (Å²) in [7, 11) is 1.93. The average Bonchev–Trinajstić information content (AvgIpc) is 2.45. The molecule has 0 N–H and O–H groups in total. The quantitative estimate of drug-likeness (QED) is 0.600. The summed E-state index contributed by atoms with van der Waals surface area (Å²) < 4.78 is 8.29. The smallest absolute Gasteiger partial charge is 0.0900 e. The second-order valence-electron chi connectivity index (χ2n) is 2.99. The van der Waals surface area contributed by atoms with Gasteiger partial charge in [-0.3, -0.25) is 4.68 Å². The van der Waals surface area contributed by atoms with E-state index in [1.807, 2.05) is 11.7 Å². The number of halogens is 1. The molecule has 0 atom stereocenters. The number of aryl methyl sites for hydroxylation is 2. The van der Waals surface area contributed by atoms with Crippen molar-refractivity contribution in [1.29, 1.82) is 0 Å². The van der Waals surface area contributed by atoms with Crippen LogP contribution in [0.5, 0.6) is 0 Å². The summed E-state index contributed by atoms with van der Waals surface area (Å²) in [5.41, 5.74) is 2.15. The lowest BCUT2D eigenvalue weighted by atomic mass is 10.3. The van der Waals surface area contributed by atoms with Crippen LogP contribution in [0.15, 0.2) is 17.1 Å². The molecular formula is C10H15BrN2O. The van der Waals surface area contributed by atoms with Gasteiger partial charge in [-0.2, -0.15) is 5.10 Å². The molecule has 0 aliphatic heterocycles. The fourth-order valence-electron chi connectivity index (χ4n) is 1.22. The fraction of sp³-hybridized carbons (Fsp3) is 0.500. The van der Waals surface area contributed by atoms with Crippen molar-refractivity contribution in [3.05, 3.63) is 28.5 Å². The molecule has 0 spiro atoms. The van der Waals surface area contributed by atoms with Crippen LogP contribution >= 0.6 is 15.9 Å². The van der Waals surface area contributed by atoms with Gasteiger partial charge in [0.15, 0.2) is 0 Å². The highest BCUT2D eigenvalue weighted by molar-refractivity contribution is 9.10. The molecule has 1 heterocycles. The second-order valence-corrected chi connectivity index (χ2v) is 3.78. The van der Waals surface area contributed by atoms with Crippen LogP contribution in [0.4, 0.5) is 0 Å². The maximum absolute atomic E-state index is 5.38. The van der Waals surface area contributed by atoms with Crippen molar-refractivity contribution in [3.8, 4) is 0 Å². The van der Waals surface area contributed by atoms with Crippen LogP contribution in [0.3, 0.4) is 0 Å². The Kier molecular flexibility index (Phi) is 4.35. The molecule has 1 rings (SSSR count). The Morgan fingerprint density at radius 1 is 1.64 bits per heavy atom. The molecule has 0 bridgehead atoms. The third-order valence-corrected chi connectivity index (χ3v) is 2.89. The molecule has 1 aromatic rings. The number of aromatic nitrogens is 2. The van der Waals surface area contributed by atoms with Gasteiger partial charge in [-0.15, -0.1) is 6.58 Å². The van der Waals surface area contributed by atoms with Crippen molar-refractivity contribution in [2.24, 2.45) is 7.05 Å². The van der Waals surface area contributed by atoms with Crippen molar-refractivity contribution >= 4 is 15.9 Å². The Morgan fingerprint density at radius 2 is 2.36 bits per heavy atom. The molecule has 0 amide bonds. The van der Waals surface area contributed by atoms with E-state index in [9.17, 15) is 0 Å². The third kappa shape index (κ3) is 2.45. The van der Waals surface area contributed by atoms with Gasteiger partial charge >= 0.3 is 0 Å². The molecule has 4 heteroatoms. The van der Waals surface area contributed by atoms with E-state index in [1.165, 1.54) is 0 Å². The minimum Gasteiger partial charge on any atom is -0.371 e. The second kappa shape index (κ2) is 5.32. The molecule has 14 heavy (non-hydrogen) atoms. The minimum absolute atomic E-state index is 0.566. The lowest BCUT2D eigenvalue weighted by Crippen LogP contribution is -2.01. The van der Waals surface area contributed by atoms with E-state index in [0.29, 0.717) is 13.2 Å². The van der Waals surface area contributed by atoms with Gasteiger partial charge in [0.2, 0.25) is 0 Å². The molecule has 0 saturated heterocycles. The Morgan fingerprint density at radius 3 is 2.86 bits per heavy atom. The maximum Gasteiger partial charge on any atom is 0.0900 e. The molecule has 1 aromatic heterocycles. The van der Waals surface area contributed by atoms with E-state index in [-0.39, 0.29) is 0 Å². The number of nitrogens with zero attached hydrogens (tertiary/aromatic N) is 2. The molecule has 0 radical (unpaired) electrons. The topological polar surface area (TPSA) is 27.1 Å². The Bertz CT molecular complexity index is 320. The maximum atomic E-state index is 5.38. The van der Waals surface area contributed by atoms with E-state index in [2.05, 4.69) is 34.5 Å². The molecule has 0 aliphatic carbocycles. The molecule has 0 fully saturated rings. The first-order chi connectivity index (χ1) is 6.70. The van der Waals surface area contributed by atoms with Crippen LogP contribution in [0.1, 0.15) is 18.3 Å². The van der Waals surface area contributed by atoms with Crippen LogP contribution in [0.2, 0.25) is 0 Å². The Balaban J connectivity index is 2.74. The van der Waals surface area contributed by atoms with Crippen LogP contribution in [-0.2, 0) is 24.8 Å².